The van der Waals surface area contributed by atoms with Gasteiger partial charge in [0.05, 0.1) is 5.60 Å². The lowest BCUT2D eigenvalue weighted by Gasteiger charge is -2.39. The van der Waals surface area contributed by atoms with Crippen LogP contribution in [0.25, 0.3) is 0 Å². The fourth-order valence-corrected chi connectivity index (χ4v) is 2.86. The summed E-state index contributed by atoms with van der Waals surface area (Å²) in [5, 5.41) is 2.04. The molecule has 1 aromatic rings. The van der Waals surface area contributed by atoms with Crippen LogP contribution in [0, 0.1) is 6.92 Å². The number of aromatic nitrogens is 2. The Balaban J connectivity index is 1.99. The first-order valence-electron chi connectivity index (χ1n) is 8.35. The van der Waals surface area contributed by atoms with Gasteiger partial charge in [-0.3, -0.25) is 4.84 Å². The summed E-state index contributed by atoms with van der Waals surface area (Å²) in [5.41, 5.74) is 0.866. The van der Waals surface area contributed by atoms with Crippen LogP contribution in [0.4, 0.5) is 11.8 Å². The normalized spacial score (nSPS) is 17.0. The van der Waals surface area contributed by atoms with Crippen LogP contribution in [0.5, 0.6) is 0 Å². The third-order valence-corrected chi connectivity index (χ3v) is 3.95. The van der Waals surface area contributed by atoms with Crippen LogP contribution < -0.4 is 9.80 Å². The molecule has 0 saturated carbocycles. The van der Waals surface area contributed by atoms with Crippen LogP contribution in [0.15, 0.2) is 6.07 Å². The molecule has 1 fully saturated rings. The lowest BCUT2D eigenvalue weighted by molar-refractivity contribution is -0.237. The molecule has 1 aliphatic heterocycles. The minimum Gasteiger partial charge on any atom is -0.356 e. The molecule has 1 aliphatic rings. The predicted molar refractivity (Wildman–Crippen MR) is 94.9 cm³/mol. The Hall–Kier alpha value is -1.40. The number of anilines is 2. The topological polar surface area (TPSA) is 44.7 Å². The van der Waals surface area contributed by atoms with Crippen molar-refractivity contribution >= 4 is 11.8 Å². The van der Waals surface area contributed by atoms with Crippen molar-refractivity contribution in [3.63, 3.8) is 0 Å². The van der Waals surface area contributed by atoms with E-state index in [1.165, 1.54) is 0 Å². The summed E-state index contributed by atoms with van der Waals surface area (Å²) in [6.07, 6.45) is 2.15. The number of hydrogen-bond donors (Lipinski definition) is 0. The van der Waals surface area contributed by atoms with Crippen molar-refractivity contribution in [1.29, 1.82) is 0 Å². The molecule has 0 unspecified atom stereocenters. The highest BCUT2D eigenvalue weighted by Gasteiger charge is 2.26. The number of hydrogen-bond acceptors (Lipinski definition) is 6. The van der Waals surface area contributed by atoms with Gasteiger partial charge in [-0.15, -0.1) is 0 Å². The van der Waals surface area contributed by atoms with E-state index in [-0.39, 0.29) is 5.60 Å². The van der Waals surface area contributed by atoms with Crippen molar-refractivity contribution in [2.24, 2.45) is 0 Å². The van der Waals surface area contributed by atoms with Gasteiger partial charge in [-0.05, 0) is 40.5 Å². The van der Waals surface area contributed by atoms with Crippen LogP contribution in [-0.4, -0.2) is 60.9 Å². The van der Waals surface area contributed by atoms with E-state index >= 15 is 0 Å². The second-order valence-electron chi connectivity index (χ2n) is 7.53. The zero-order chi connectivity index (χ0) is 17.2. The summed E-state index contributed by atoms with van der Waals surface area (Å²) >= 11 is 0. The van der Waals surface area contributed by atoms with Gasteiger partial charge in [0.15, 0.2) is 0 Å². The van der Waals surface area contributed by atoms with Gasteiger partial charge >= 0.3 is 0 Å². The van der Waals surface area contributed by atoms with Crippen LogP contribution in [0.2, 0.25) is 0 Å². The Kier molecular flexibility index (Phi) is 5.47. The third-order valence-electron chi connectivity index (χ3n) is 3.95. The van der Waals surface area contributed by atoms with Gasteiger partial charge in [-0.2, -0.15) is 10.0 Å². The Morgan fingerprint density at radius 2 is 1.74 bits per heavy atom. The number of aryl methyl sites for hydroxylation is 1. The summed E-state index contributed by atoms with van der Waals surface area (Å²) in [6, 6.07) is 2.53. The van der Waals surface area contributed by atoms with E-state index in [0.717, 1.165) is 43.4 Å². The first kappa shape index (κ1) is 17.9. The highest BCUT2D eigenvalue weighted by Crippen LogP contribution is 2.24. The zero-order valence-electron chi connectivity index (χ0n) is 15.6. The molecule has 0 radical (unpaired) electrons. The average molecular weight is 321 g/mol. The molecule has 0 N–H and O–H groups in total. The highest BCUT2D eigenvalue weighted by molar-refractivity contribution is 5.45. The Labute approximate surface area is 140 Å². The van der Waals surface area contributed by atoms with Gasteiger partial charge in [0.25, 0.3) is 0 Å². The smallest absolute Gasteiger partial charge is 0.226 e. The molecule has 23 heavy (non-hydrogen) atoms. The van der Waals surface area contributed by atoms with E-state index in [1.54, 1.807) is 0 Å². The minimum atomic E-state index is -0.143. The first-order chi connectivity index (χ1) is 10.7. The van der Waals surface area contributed by atoms with Crippen molar-refractivity contribution in [1.82, 2.24) is 15.0 Å². The number of nitrogens with zero attached hydrogens (tertiary/aromatic N) is 5. The average Bonchev–Trinajstić information content (AvgIpc) is 2.45. The molecule has 6 nitrogen and oxygen atoms in total. The minimum absolute atomic E-state index is 0.143. The molecule has 0 aliphatic carbocycles. The second-order valence-corrected chi connectivity index (χ2v) is 7.53. The van der Waals surface area contributed by atoms with E-state index in [2.05, 4.69) is 41.7 Å². The standard InChI is InChI=1S/C17H31N5O/c1-13-12-15(19-16(18-13)20(5)6)22-10-8-14(9-11-22)21(7)23-17(2,3)4/h12,14H,8-11H2,1-7H3. The Morgan fingerprint density at radius 1 is 1.13 bits per heavy atom. The molecule has 1 saturated heterocycles. The van der Waals surface area contributed by atoms with Gasteiger partial charge in [0.2, 0.25) is 5.95 Å². The summed E-state index contributed by atoms with van der Waals surface area (Å²) in [7, 11) is 6.00. The van der Waals surface area contributed by atoms with Crippen LogP contribution in [0.1, 0.15) is 39.3 Å². The second kappa shape index (κ2) is 7.01. The quantitative estimate of drug-likeness (QED) is 0.794. The molecule has 0 aromatic carbocycles. The largest absolute Gasteiger partial charge is 0.356 e. The fraction of sp³-hybridized carbons (Fsp3) is 0.765. The van der Waals surface area contributed by atoms with Crippen molar-refractivity contribution in [3.05, 3.63) is 11.8 Å². The van der Waals surface area contributed by atoms with Gasteiger partial charge in [-0.1, -0.05) is 0 Å². The van der Waals surface area contributed by atoms with Crippen molar-refractivity contribution in [3.8, 4) is 0 Å². The Bertz CT molecular complexity index is 518. The molecule has 1 aromatic heterocycles. The SMILES string of the molecule is Cc1cc(N2CCC(N(C)OC(C)(C)C)CC2)nc(N(C)C)n1. The van der Waals surface area contributed by atoms with Crippen LogP contribution in [0.3, 0.4) is 0 Å². The van der Waals surface area contributed by atoms with Crippen molar-refractivity contribution in [2.45, 2.75) is 52.2 Å². The maximum atomic E-state index is 5.97. The van der Waals surface area contributed by atoms with Crippen LogP contribution in [-0.2, 0) is 4.84 Å². The fourth-order valence-electron chi connectivity index (χ4n) is 2.86. The summed E-state index contributed by atoms with van der Waals surface area (Å²) in [6.45, 7) is 10.3. The number of rotatable bonds is 4. The van der Waals surface area contributed by atoms with Crippen LogP contribution >= 0.6 is 0 Å². The predicted octanol–water partition coefficient (Wildman–Crippen LogP) is 2.48. The summed E-state index contributed by atoms with van der Waals surface area (Å²) in [5.74, 6) is 1.80. The zero-order valence-corrected chi connectivity index (χ0v) is 15.6. The molecule has 6 heteroatoms. The van der Waals surface area contributed by atoms with Gasteiger partial charge < -0.3 is 9.80 Å². The number of hydroxylamine groups is 2. The maximum Gasteiger partial charge on any atom is 0.226 e. The monoisotopic (exact) mass is 321 g/mol. The molecule has 2 heterocycles. The molecular formula is C17H31N5O. The summed E-state index contributed by atoms with van der Waals surface area (Å²) < 4.78 is 0. The van der Waals surface area contributed by atoms with Crippen molar-refractivity contribution in [2.75, 3.05) is 44.0 Å². The van der Waals surface area contributed by atoms with Gasteiger partial charge in [-0.25, -0.2) is 4.98 Å². The molecule has 0 amide bonds. The summed E-state index contributed by atoms with van der Waals surface area (Å²) in [4.78, 5) is 19.4. The first-order valence-corrected chi connectivity index (χ1v) is 8.35. The lowest BCUT2D eigenvalue weighted by Crippen LogP contribution is -2.46. The molecule has 0 bridgehead atoms. The molecule has 130 valence electrons. The Morgan fingerprint density at radius 3 is 2.26 bits per heavy atom. The molecular weight excluding hydrogens is 290 g/mol. The molecule has 0 spiro atoms. The molecule has 2 rings (SSSR count). The van der Waals surface area contributed by atoms with E-state index < -0.39 is 0 Å². The lowest BCUT2D eigenvalue weighted by atomic mass is 10.0. The third kappa shape index (κ3) is 5.04. The molecule has 0 atom stereocenters. The van der Waals surface area contributed by atoms with E-state index in [9.17, 15) is 0 Å². The van der Waals surface area contributed by atoms with Crippen molar-refractivity contribution < 1.29 is 4.84 Å². The van der Waals surface area contributed by atoms with Gasteiger partial charge in [0, 0.05) is 52.0 Å². The van der Waals surface area contributed by atoms with Gasteiger partial charge in [0.1, 0.15) is 5.82 Å². The van der Waals surface area contributed by atoms with E-state index in [4.69, 9.17) is 4.84 Å². The van der Waals surface area contributed by atoms with E-state index in [0.29, 0.717) is 6.04 Å². The highest BCUT2D eigenvalue weighted by atomic mass is 16.7. The van der Waals surface area contributed by atoms with E-state index in [1.807, 2.05) is 38.0 Å². The maximum absolute atomic E-state index is 5.97. The number of piperidine rings is 1.